The standard InChI is InChI=1S/C11H12N2O4S/c1-3-13-7-12-18(15,16)10-6-8(11(14)17-2)4-5-9(10)13/h4-7H,3H2,1-2H3. The summed E-state index contributed by atoms with van der Waals surface area (Å²) in [6.45, 7) is 2.46. The zero-order valence-corrected chi connectivity index (χ0v) is 10.8. The molecule has 0 aliphatic carbocycles. The molecule has 6 nitrogen and oxygen atoms in total. The van der Waals surface area contributed by atoms with Crippen molar-refractivity contribution in [3.63, 3.8) is 0 Å². The molecule has 0 amide bonds. The number of esters is 1. The molecule has 0 atom stereocenters. The van der Waals surface area contributed by atoms with Crippen molar-refractivity contribution in [3.05, 3.63) is 23.8 Å². The van der Waals surface area contributed by atoms with E-state index < -0.39 is 16.0 Å². The van der Waals surface area contributed by atoms with Gasteiger partial charge in [0, 0.05) is 6.54 Å². The van der Waals surface area contributed by atoms with Crippen LogP contribution < -0.4 is 4.90 Å². The van der Waals surface area contributed by atoms with E-state index in [1.165, 1.54) is 25.6 Å². The van der Waals surface area contributed by atoms with Crippen molar-refractivity contribution in [2.75, 3.05) is 18.6 Å². The molecule has 0 radical (unpaired) electrons. The lowest BCUT2D eigenvalue weighted by atomic mass is 10.2. The Morgan fingerprint density at radius 3 is 2.78 bits per heavy atom. The van der Waals surface area contributed by atoms with E-state index in [0.717, 1.165) is 0 Å². The van der Waals surface area contributed by atoms with Crippen molar-refractivity contribution in [2.24, 2.45) is 4.40 Å². The first-order valence-corrected chi connectivity index (χ1v) is 6.73. The number of fused-ring (bicyclic) bond motifs is 1. The molecule has 0 N–H and O–H groups in total. The molecule has 18 heavy (non-hydrogen) atoms. The third kappa shape index (κ3) is 1.97. The van der Waals surface area contributed by atoms with Gasteiger partial charge in [0.1, 0.15) is 11.2 Å². The molecule has 1 heterocycles. The topological polar surface area (TPSA) is 76.0 Å². The molecule has 7 heteroatoms. The summed E-state index contributed by atoms with van der Waals surface area (Å²) < 4.78 is 31.7. The highest BCUT2D eigenvalue weighted by Crippen LogP contribution is 2.30. The van der Waals surface area contributed by atoms with E-state index in [-0.39, 0.29) is 10.5 Å². The Morgan fingerprint density at radius 1 is 1.44 bits per heavy atom. The molecule has 0 bridgehead atoms. The van der Waals surface area contributed by atoms with E-state index in [2.05, 4.69) is 9.13 Å². The summed E-state index contributed by atoms with van der Waals surface area (Å²) in [5.41, 5.74) is 0.702. The summed E-state index contributed by atoms with van der Waals surface area (Å²) in [5.74, 6) is -0.578. The van der Waals surface area contributed by atoms with Gasteiger partial charge in [0.05, 0.1) is 18.4 Å². The van der Waals surface area contributed by atoms with Gasteiger partial charge in [-0.05, 0) is 25.1 Å². The van der Waals surface area contributed by atoms with E-state index in [1.54, 1.807) is 11.0 Å². The lowest BCUT2D eigenvalue weighted by Gasteiger charge is -2.23. The monoisotopic (exact) mass is 268 g/mol. The molecular formula is C11H12N2O4S. The summed E-state index contributed by atoms with van der Waals surface area (Å²) in [6.07, 6.45) is 1.27. The zero-order chi connectivity index (χ0) is 13.3. The van der Waals surface area contributed by atoms with Gasteiger partial charge in [-0.25, -0.2) is 4.79 Å². The number of ether oxygens (including phenoxy) is 1. The van der Waals surface area contributed by atoms with Crippen LogP contribution in [0.4, 0.5) is 5.69 Å². The second kappa shape index (κ2) is 4.41. The summed E-state index contributed by atoms with van der Waals surface area (Å²) in [7, 11) is -2.49. The Hall–Kier alpha value is -1.89. The maximum Gasteiger partial charge on any atom is 0.337 e. The molecule has 96 valence electrons. The molecule has 1 aromatic carbocycles. The summed E-state index contributed by atoms with van der Waals surface area (Å²) in [4.78, 5) is 13.1. The summed E-state index contributed by atoms with van der Waals surface area (Å²) in [5, 5.41) is 0. The summed E-state index contributed by atoms with van der Waals surface area (Å²) in [6, 6.07) is 4.39. The van der Waals surface area contributed by atoms with Crippen LogP contribution in [0.25, 0.3) is 0 Å². The number of carbonyl (C=O) groups is 1. The number of hydrogen-bond donors (Lipinski definition) is 0. The van der Waals surface area contributed by atoms with Crippen molar-refractivity contribution < 1.29 is 17.9 Å². The van der Waals surface area contributed by atoms with Crippen molar-refractivity contribution in [1.29, 1.82) is 0 Å². The van der Waals surface area contributed by atoms with Crippen LogP contribution in [0.3, 0.4) is 0 Å². The fraction of sp³-hybridized carbons (Fsp3) is 0.273. The smallest absolute Gasteiger partial charge is 0.337 e. The van der Waals surface area contributed by atoms with Gasteiger partial charge < -0.3 is 9.64 Å². The van der Waals surface area contributed by atoms with Gasteiger partial charge >= 0.3 is 5.97 Å². The minimum Gasteiger partial charge on any atom is -0.465 e. The highest BCUT2D eigenvalue weighted by Gasteiger charge is 2.26. The lowest BCUT2D eigenvalue weighted by Crippen LogP contribution is -2.27. The predicted molar refractivity (Wildman–Crippen MR) is 66.5 cm³/mol. The average Bonchev–Trinajstić information content (AvgIpc) is 2.38. The Bertz CT molecular complexity index is 622. The number of hydrogen-bond acceptors (Lipinski definition) is 5. The molecule has 0 unspecified atom stereocenters. The SMILES string of the molecule is CCN1C=NS(=O)(=O)c2cc(C(=O)OC)ccc21. The predicted octanol–water partition coefficient (Wildman–Crippen LogP) is 1.03. The van der Waals surface area contributed by atoms with E-state index >= 15 is 0 Å². The molecule has 0 saturated heterocycles. The lowest BCUT2D eigenvalue weighted by molar-refractivity contribution is 0.0600. The zero-order valence-electron chi connectivity index (χ0n) is 9.95. The fourth-order valence-corrected chi connectivity index (χ4v) is 2.77. The molecule has 1 aliphatic rings. The van der Waals surface area contributed by atoms with E-state index in [9.17, 15) is 13.2 Å². The Labute approximate surface area is 105 Å². The molecule has 2 rings (SSSR count). The second-order valence-corrected chi connectivity index (χ2v) is 5.26. The van der Waals surface area contributed by atoms with Crippen LogP contribution in [0.1, 0.15) is 17.3 Å². The van der Waals surface area contributed by atoms with Crippen LogP contribution in [-0.2, 0) is 14.8 Å². The van der Waals surface area contributed by atoms with Gasteiger partial charge in [-0.1, -0.05) is 0 Å². The molecule has 0 spiro atoms. The van der Waals surface area contributed by atoms with Gasteiger partial charge in [-0.2, -0.15) is 8.42 Å². The van der Waals surface area contributed by atoms with Gasteiger partial charge in [-0.3, -0.25) is 0 Å². The second-order valence-electron chi connectivity index (χ2n) is 3.66. The number of anilines is 1. The first kappa shape index (κ1) is 12.6. The third-order valence-electron chi connectivity index (χ3n) is 2.63. The first-order chi connectivity index (χ1) is 8.49. The van der Waals surface area contributed by atoms with Gasteiger partial charge in [-0.15, -0.1) is 4.40 Å². The van der Waals surface area contributed by atoms with Crippen LogP contribution in [0.5, 0.6) is 0 Å². The first-order valence-electron chi connectivity index (χ1n) is 5.29. The quantitative estimate of drug-likeness (QED) is 0.749. The third-order valence-corrected chi connectivity index (χ3v) is 3.89. The molecule has 0 aromatic heterocycles. The highest BCUT2D eigenvalue weighted by molar-refractivity contribution is 7.90. The van der Waals surface area contributed by atoms with E-state index in [4.69, 9.17) is 0 Å². The average molecular weight is 268 g/mol. The van der Waals surface area contributed by atoms with Crippen molar-refractivity contribution in [3.8, 4) is 0 Å². The maximum atomic E-state index is 11.8. The van der Waals surface area contributed by atoms with E-state index in [1.807, 2.05) is 6.92 Å². The fourth-order valence-electron chi connectivity index (χ4n) is 1.69. The van der Waals surface area contributed by atoms with Crippen molar-refractivity contribution >= 4 is 28.0 Å². The van der Waals surface area contributed by atoms with Crippen LogP contribution in [-0.4, -0.2) is 34.4 Å². The highest BCUT2D eigenvalue weighted by atomic mass is 32.2. The molecule has 0 saturated carbocycles. The molecule has 0 fully saturated rings. The van der Waals surface area contributed by atoms with E-state index in [0.29, 0.717) is 12.2 Å². The van der Waals surface area contributed by atoms with Crippen LogP contribution >= 0.6 is 0 Å². The molecular weight excluding hydrogens is 256 g/mol. The Kier molecular flexibility index (Phi) is 3.08. The minimum atomic E-state index is -3.73. The molecule has 1 aliphatic heterocycles. The maximum absolute atomic E-state index is 11.8. The largest absolute Gasteiger partial charge is 0.465 e. The number of nitrogens with zero attached hydrogens (tertiary/aromatic N) is 2. The minimum absolute atomic E-state index is 0.0229. The van der Waals surface area contributed by atoms with Crippen LogP contribution in [0, 0.1) is 0 Å². The van der Waals surface area contributed by atoms with Gasteiger partial charge in [0.2, 0.25) is 0 Å². The van der Waals surface area contributed by atoms with Crippen molar-refractivity contribution in [2.45, 2.75) is 11.8 Å². The van der Waals surface area contributed by atoms with Crippen LogP contribution in [0.15, 0.2) is 27.5 Å². The Balaban J connectivity index is 2.62. The number of methoxy groups -OCH3 is 1. The normalized spacial score (nSPS) is 16.2. The van der Waals surface area contributed by atoms with Gasteiger partial charge in [0.15, 0.2) is 0 Å². The van der Waals surface area contributed by atoms with Crippen molar-refractivity contribution in [1.82, 2.24) is 0 Å². The number of rotatable bonds is 2. The molecule has 1 aromatic rings. The van der Waals surface area contributed by atoms with Crippen LogP contribution in [0.2, 0.25) is 0 Å². The summed E-state index contributed by atoms with van der Waals surface area (Å²) >= 11 is 0. The number of carbonyl (C=O) groups excluding carboxylic acids is 1. The Morgan fingerprint density at radius 2 is 2.17 bits per heavy atom. The van der Waals surface area contributed by atoms with Gasteiger partial charge in [0.25, 0.3) is 10.0 Å². The number of sulfonamides is 1. The number of benzene rings is 1.